The Morgan fingerprint density at radius 3 is 2.67 bits per heavy atom. The van der Waals surface area contributed by atoms with Crippen molar-refractivity contribution < 1.29 is 4.92 Å². The van der Waals surface area contributed by atoms with Gasteiger partial charge in [0.1, 0.15) is 0 Å². The van der Waals surface area contributed by atoms with Crippen LogP contribution in [0.1, 0.15) is 5.56 Å². The van der Waals surface area contributed by atoms with Crippen molar-refractivity contribution in [2.24, 2.45) is 0 Å². The van der Waals surface area contributed by atoms with Crippen LogP contribution in [0.3, 0.4) is 0 Å². The highest BCUT2D eigenvalue weighted by molar-refractivity contribution is 9.10. The fourth-order valence-electron chi connectivity index (χ4n) is 1.41. The van der Waals surface area contributed by atoms with Crippen LogP contribution in [0.2, 0.25) is 0 Å². The van der Waals surface area contributed by atoms with Gasteiger partial charge in [-0.15, -0.1) is 11.8 Å². The van der Waals surface area contributed by atoms with Crippen LogP contribution in [-0.4, -0.2) is 4.92 Å². The van der Waals surface area contributed by atoms with Crippen molar-refractivity contribution in [1.29, 1.82) is 0 Å². The SMILES string of the molecule is O=[N+]([O-])c1c[c]ccc1SCc1ccc(Br)cc1. The maximum Gasteiger partial charge on any atom is 0.283 e. The minimum Gasteiger partial charge on any atom is -0.258 e. The molecule has 5 heteroatoms. The second-order valence-corrected chi connectivity index (χ2v) is 5.50. The quantitative estimate of drug-likeness (QED) is 0.474. The Morgan fingerprint density at radius 1 is 1.28 bits per heavy atom. The maximum atomic E-state index is 10.8. The van der Waals surface area contributed by atoms with E-state index in [0.717, 1.165) is 10.0 Å². The van der Waals surface area contributed by atoms with E-state index in [0.29, 0.717) is 10.6 Å². The fourth-order valence-corrected chi connectivity index (χ4v) is 2.64. The predicted octanol–water partition coefficient (Wildman–Crippen LogP) is 4.45. The molecule has 0 N–H and O–H groups in total. The molecule has 1 radical (unpaired) electrons. The molecule has 3 nitrogen and oxygen atoms in total. The van der Waals surface area contributed by atoms with Crippen LogP contribution in [-0.2, 0) is 5.75 Å². The first kappa shape index (κ1) is 13.1. The number of hydrogen-bond donors (Lipinski definition) is 0. The summed E-state index contributed by atoms with van der Waals surface area (Å²) in [6, 6.07) is 15.5. The van der Waals surface area contributed by atoms with Crippen LogP contribution < -0.4 is 0 Å². The van der Waals surface area contributed by atoms with Crippen LogP contribution in [0.4, 0.5) is 5.69 Å². The monoisotopic (exact) mass is 322 g/mol. The third kappa shape index (κ3) is 3.34. The minimum absolute atomic E-state index is 0.111. The van der Waals surface area contributed by atoms with Gasteiger partial charge in [-0.3, -0.25) is 10.1 Å². The van der Waals surface area contributed by atoms with E-state index in [1.807, 2.05) is 24.3 Å². The van der Waals surface area contributed by atoms with Gasteiger partial charge in [-0.1, -0.05) is 34.1 Å². The Labute approximate surface area is 117 Å². The number of hydrogen-bond acceptors (Lipinski definition) is 3. The summed E-state index contributed by atoms with van der Waals surface area (Å²) in [5.74, 6) is 0.706. The van der Waals surface area contributed by atoms with E-state index in [1.165, 1.54) is 17.8 Å². The highest BCUT2D eigenvalue weighted by atomic mass is 79.9. The molecule has 0 aliphatic rings. The molecule has 0 aliphatic carbocycles. The van der Waals surface area contributed by atoms with Gasteiger partial charge in [-0.2, -0.15) is 0 Å². The number of nitro benzene ring substituents is 1. The number of thioether (sulfide) groups is 1. The summed E-state index contributed by atoms with van der Waals surface area (Å²) >= 11 is 4.83. The van der Waals surface area contributed by atoms with E-state index >= 15 is 0 Å². The van der Waals surface area contributed by atoms with Crippen molar-refractivity contribution in [2.45, 2.75) is 10.6 Å². The molecule has 0 fully saturated rings. The lowest BCUT2D eigenvalue weighted by Crippen LogP contribution is -1.90. The molecule has 0 unspecified atom stereocenters. The summed E-state index contributed by atoms with van der Waals surface area (Å²) in [5.41, 5.74) is 1.24. The third-order valence-electron chi connectivity index (χ3n) is 2.31. The molecule has 0 saturated carbocycles. The second-order valence-electron chi connectivity index (χ2n) is 3.57. The van der Waals surface area contributed by atoms with Gasteiger partial charge in [0.15, 0.2) is 0 Å². The molecule has 2 aromatic rings. The Kier molecular flexibility index (Phi) is 4.38. The van der Waals surface area contributed by atoms with Gasteiger partial charge in [0.25, 0.3) is 5.69 Å². The van der Waals surface area contributed by atoms with Crippen molar-refractivity contribution >= 4 is 33.4 Å². The number of nitro groups is 1. The topological polar surface area (TPSA) is 43.1 Å². The lowest BCUT2D eigenvalue weighted by molar-refractivity contribution is -0.387. The zero-order valence-corrected chi connectivity index (χ0v) is 11.7. The first-order valence-electron chi connectivity index (χ1n) is 5.18. The molecule has 18 heavy (non-hydrogen) atoms. The Balaban J connectivity index is 2.10. The highest BCUT2D eigenvalue weighted by Gasteiger charge is 2.12. The summed E-state index contributed by atoms with van der Waals surface area (Å²) in [7, 11) is 0. The van der Waals surface area contributed by atoms with Crippen molar-refractivity contribution in [3.63, 3.8) is 0 Å². The van der Waals surface area contributed by atoms with E-state index < -0.39 is 0 Å². The summed E-state index contributed by atoms with van der Waals surface area (Å²) in [6.07, 6.45) is 0. The average molecular weight is 323 g/mol. The van der Waals surface area contributed by atoms with Gasteiger partial charge in [0.05, 0.1) is 9.82 Å². The Morgan fingerprint density at radius 2 is 2.00 bits per heavy atom. The molecule has 0 aliphatic heterocycles. The summed E-state index contributed by atoms with van der Waals surface area (Å²) in [6.45, 7) is 0. The molecular weight excluding hydrogens is 314 g/mol. The lowest BCUT2D eigenvalue weighted by atomic mass is 10.2. The molecule has 0 spiro atoms. The first-order valence-corrected chi connectivity index (χ1v) is 6.96. The number of rotatable bonds is 4. The molecular formula is C13H9BrNO2S. The number of benzene rings is 2. The van der Waals surface area contributed by atoms with Crippen LogP contribution >= 0.6 is 27.7 Å². The highest BCUT2D eigenvalue weighted by Crippen LogP contribution is 2.31. The molecule has 2 rings (SSSR count). The van der Waals surface area contributed by atoms with Crippen LogP contribution in [0, 0.1) is 16.2 Å². The summed E-state index contributed by atoms with van der Waals surface area (Å²) in [5, 5.41) is 10.8. The molecule has 0 bridgehead atoms. The Hall–Kier alpha value is -1.33. The second kappa shape index (κ2) is 6.02. The van der Waals surface area contributed by atoms with E-state index in [9.17, 15) is 10.1 Å². The van der Waals surface area contributed by atoms with Gasteiger partial charge in [-0.05, 0) is 29.8 Å². The van der Waals surface area contributed by atoms with Gasteiger partial charge < -0.3 is 0 Å². The molecule has 0 atom stereocenters. The molecule has 0 amide bonds. The standard InChI is InChI=1S/C13H9BrNO2S/c14-11-7-5-10(6-8-11)9-18-13-4-2-1-3-12(13)15(16)17/h2-8H,9H2. The van der Waals surface area contributed by atoms with Crippen molar-refractivity contribution in [3.05, 3.63) is 68.7 Å². The summed E-state index contributed by atoms with van der Waals surface area (Å²) in [4.78, 5) is 11.1. The molecule has 0 heterocycles. The fraction of sp³-hybridized carbons (Fsp3) is 0.0769. The summed E-state index contributed by atoms with van der Waals surface area (Å²) < 4.78 is 1.02. The Bertz CT molecular complexity index is 557. The first-order chi connectivity index (χ1) is 8.66. The number of nitrogens with zero attached hydrogens (tertiary/aromatic N) is 1. The molecule has 2 aromatic carbocycles. The predicted molar refractivity (Wildman–Crippen MR) is 75.6 cm³/mol. The van der Waals surface area contributed by atoms with Crippen LogP contribution in [0.25, 0.3) is 0 Å². The third-order valence-corrected chi connectivity index (χ3v) is 3.97. The van der Waals surface area contributed by atoms with E-state index in [1.54, 1.807) is 12.1 Å². The number of halogens is 1. The van der Waals surface area contributed by atoms with Crippen molar-refractivity contribution in [3.8, 4) is 0 Å². The zero-order chi connectivity index (χ0) is 13.0. The molecule has 91 valence electrons. The average Bonchev–Trinajstić information content (AvgIpc) is 2.38. The van der Waals surface area contributed by atoms with E-state index in [2.05, 4.69) is 22.0 Å². The van der Waals surface area contributed by atoms with Gasteiger partial charge in [-0.25, -0.2) is 0 Å². The van der Waals surface area contributed by atoms with E-state index in [4.69, 9.17) is 0 Å². The van der Waals surface area contributed by atoms with Crippen LogP contribution in [0.5, 0.6) is 0 Å². The minimum atomic E-state index is -0.375. The molecule has 0 saturated heterocycles. The molecule has 0 aromatic heterocycles. The van der Waals surface area contributed by atoms with E-state index in [-0.39, 0.29) is 10.6 Å². The normalized spacial score (nSPS) is 10.3. The van der Waals surface area contributed by atoms with Crippen molar-refractivity contribution in [1.82, 2.24) is 0 Å². The van der Waals surface area contributed by atoms with Gasteiger partial charge in [0.2, 0.25) is 0 Å². The van der Waals surface area contributed by atoms with Gasteiger partial charge >= 0.3 is 0 Å². The largest absolute Gasteiger partial charge is 0.283 e. The van der Waals surface area contributed by atoms with Crippen molar-refractivity contribution in [2.75, 3.05) is 0 Å². The smallest absolute Gasteiger partial charge is 0.258 e. The lowest BCUT2D eigenvalue weighted by Gasteiger charge is -2.03. The zero-order valence-electron chi connectivity index (χ0n) is 9.30. The maximum absolute atomic E-state index is 10.8. The van der Waals surface area contributed by atoms with Gasteiger partial charge in [0, 0.05) is 16.3 Å². The van der Waals surface area contributed by atoms with Crippen LogP contribution in [0.15, 0.2) is 51.8 Å².